The van der Waals surface area contributed by atoms with E-state index in [2.05, 4.69) is 38.9 Å². The van der Waals surface area contributed by atoms with Crippen LogP contribution in [0.4, 0.5) is 0 Å². The topological polar surface area (TPSA) is 53.1 Å². The first-order chi connectivity index (χ1) is 8.79. The maximum absolute atomic E-state index is 6.39. The van der Waals surface area contributed by atoms with E-state index in [1.165, 1.54) is 5.69 Å². The fourth-order valence-corrected chi connectivity index (χ4v) is 2.58. The van der Waals surface area contributed by atoms with E-state index in [-0.39, 0.29) is 17.6 Å². The largest absolute Gasteiger partial charge is 0.376 e. The Kier molecular flexibility index (Phi) is 5.56. The zero-order chi connectivity index (χ0) is 14.6. The van der Waals surface area contributed by atoms with Crippen molar-refractivity contribution in [2.24, 2.45) is 11.1 Å². The lowest BCUT2D eigenvalue weighted by Crippen LogP contribution is -2.46. The van der Waals surface area contributed by atoms with Crippen molar-refractivity contribution in [1.82, 2.24) is 9.78 Å². The summed E-state index contributed by atoms with van der Waals surface area (Å²) < 4.78 is 7.89. The van der Waals surface area contributed by atoms with Crippen molar-refractivity contribution in [3.63, 3.8) is 0 Å². The average molecular weight is 267 g/mol. The molecule has 2 unspecified atom stereocenters. The molecule has 0 spiro atoms. The van der Waals surface area contributed by atoms with Gasteiger partial charge in [0, 0.05) is 31.3 Å². The first kappa shape index (κ1) is 16.2. The van der Waals surface area contributed by atoms with Gasteiger partial charge >= 0.3 is 0 Å². The van der Waals surface area contributed by atoms with Crippen LogP contribution in [0.2, 0.25) is 0 Å². The fraction of sp³-hybridized carbons (Fsp3) is 0.800. The van der Waals surface area contributed by atoms with Crippen molar-refractivity contribution in [3.05, 3.63) is 17.5 Å². The Morgan fingerprint density at radius 2 is 2.00 bits per heavy atom. The SMILES string of the molecule is CCOC(C(N)Cc1cc(C)nn1CC)C(C)(C)C. The third-order valence-electron chi connectivity index (χ3n) is 3.32. The van der Waals surface area contributed by atoms with E-state index in [1.807, 2.05) is 18.5 Å². The van der Waals surface area contributed by atoms with Crippen molar-refractivity contribution in [1.29, 1.82) is 0 Å². The molecule has 0 amide bonds. The van der Waals surface area contributed by atoms with Gasteiger partial charge in [0.25, 0.3) is 0 Å². The van der Waals surface area contributed by atoms with Gasteiger partial charge in [-0.25, -0.2) is 0 Å². The number of rotatable bonds is 6. The molecule has 0 saturated carbocycles. The highest BCUT2D eigenvalue weighted by molar-refractivity contribution is 5.11. The molecule has 0 aliphatic carbocycles. The molecule has 0 saturated heterocycles. The Labute approximate surface area is 117 Å². The molecule has 2 N–H and O–H groups in total. The van der Waals surface area contributed by atoms with E-state index in [0.717, 1.165) is 18.7 Å². The minimum atomic E-state index is -0.0126. The van der Waals surface area contributed by atoms with Gasteiger partial charge in [0.15, 0.2) is 0 Å². The molecule has 19 heavy (non-hydrogen) atoms. The number of aryl methyl sites for hydroxylation is 2. The van der Waals surface area contributed by atoms with Crippen molar-refractivity contribution < 1.29 is 4.74 Å². The Morgan fingerprint density at radius 1 is 1.37 bits per heavy atom. The molecule has 0 aliphatic heterocycles. The van der Waals surface area contributed by atoms with E-state index in [1.54, 1.807) is 0 Å². The van der Waals surface area contributed by atoms with Crippen LogP contribution in [0, 0.1) is 12.3 Å². The zero-order valence-corrected chi connectivity index (χ0v) is 13.2. The molecule has 1 aromatic rings. The van der Waals surface area contributed by atoms with Gasteiger partial charge in [-0.1, -0.05) is 20.8 Å². The number of nitrogens with two attached hydrogens (primary N) is 1. The molecule has 1 rings (SSSR count). The van der Waals surface area contributed by atoms with Crippen LogP contribution in [0.25, 0.3) is 0 Å². The Balaban J connectivity index is 2.83. The lowest BCUT2D eigenvalue weighted by molar-refractivity contribution is -0.0277. The molecule has 1 heterocycles. The third-order valence-corrected chi connectivity index (χ3v) is 3.32. The van der Waals surface area contributed by atoms with Gasteiger partial charge in [0.1, 0.15) is 0 Å². The van der Waals surface area contributed by atoms with Crippen LogP contribution in [0.15, 0.2) is 6.07 Å². The standard InChI is InChI=1S/C15H29N3O/c1-7-18-12(9-11(3)17-18)10-13(16)14(19-8-2)15(4,5)6/h9,13-14H,7-8,10,16H2,1-6H3. The predicted octanol–water partition coefficient (Wildman–Crippen LogP) is 2.53. The summed E-state index contributed by atoms with van der Waals surface area (Å²) in [5.74, 6) is 0. The molecular weight excluding hydrogens is 238 g/mol. The number of hydrogen-bond acceptors (Lipinski definition) is 3. The van der Waals surface area contributed by atoms with Crippen LogP contribution in [0.3, 0.4) is 0 Å². The first-order valence-electron chi connectivity index (χ1n) is 7.20. The van der Waals surface area contributed by atoms with Crippen molar-refractivity contribution in [2.75, 3.05) is 6.61 Å². The summed E-state index contributed by atoms with van der Waals surface area (Å²) in [5, 5.41) is 4.47. The van der Waals surface area contributed by atoms with Crippen molar-refractivity contribution >= 4 is 0 Å². The van der Waals surface area contributed by atoms with Crippen LogP contribution >= 0.6 is 0 Å². The summed E-state index contributed by atoms with van der Waals surface area (Å²) in [6.07, 6.45) is 0.856. The van der Waals surface area contributed by atoms with E-state index in [0.29, 0.717) is 6.61 Å². The van der Waals surface area contributed by atoms with Crippen LogP contribution in [0.5, 0.6) is 0 Å². The third kappa shape index (κ3) is 4.32. The minimum Gasteiger partial charge on any atom is -0.376 e. The molecule has 0 aliphatic rings. The molecule has 110 valence electrons. The van der Waals surface area contributed by atoms with E-state index >= 15 is 0 Å². The quantitative estimate of drug-likeness (QED) is 0.861. The normalized spacial score (nSPS) is 15.5. The molecule has 0 aromatic carbocycles. The van der Waals surface area contributed by atoms with Gasteiger partial charge in [0.05, 0.1) is 11.8 Å². The van der Waals surface area contributed by atoms with Gasteiger partial charge < -0.3 is 10.5 Å². The lowest BCUT2D eigenvalue weighted by Gasteiger charge is -2.35. The van der Waals surface area contributed by atoms with Crippen molar-refractivity contribution in [3.8, 4) is 0 Å². The molecule has 0 radical (unpaired) electrons. The van der Waals surface area contributed by atoms with Gasteiger partial charge in [-0.05, 0) is 32.3 Å². The zero-order valence-electron chi connectivity index (χ0n) is 13.2. The Morgan fingerprint density at radius 3 is 2.47 bits per heavy atom. The van der Waals surface area contributed by atoms with E-state index in [9.17, 15) is 0 Å². The highest BCUT2D eigenvalue weighted by atomic mass is 16.5. The second-order valence-electron chi connectivity index (χ2n) is 6.20. The summed E-state index contributed by atoms with van der Waals surface area (Å²) in [6.45, 7) is 14.2. The molecule has 4 nitrogen and oxygen atoms in total. The van der Waals surface area contributed by atoms with Crippen molar-refractivity contribution in [2.45, 2.75) is 66.7 Å². The number of aromatic nitrogens is 2. The molecule has 0 bridgehead atoms. The molecule has 1 aromatic heterocycles. The van der Waals surface area contributed by atoms with Crippen LogP contribution in [-0.4, -0.2) is 28.5 Å². The summed E-state index contributed by atoms with van der Waals surface area (Å²) in [7, 11) is 0. The fourth-order valence-electron chi connectivity index (χ4n) is 2.58. The van der Waals surface area contributed by atoms with Crippen LogP contribution in [0.1, 0.15) is 46.0 Å². The van der Waals surface area contributed by atoms with Gasteiger partial charge in [-0.3, -0.25) is 4.68 Å². The summed E-state index contributed by atoms with van der Waals surface area (Å²) in [6, 6.07) is 2.11. The smallest absolute Gasteiger partial charge is 0.0777 e. The highest BCUT2D eigenvalue weighted by Gasteiger charge is 2.31. The second-order valence-corrected chi connectivity index (χ2v) is 6.20. The monoisotopic (exact) mass is 267 g/mol. The number of nitrogens with zero attached hydrogens (tertiary/aromatic N) is 2. The van der Waals surface area contributed by atoms with E-state index in [4.69, 9.17) is 10.5 Å². The van der Waals surface area contributed by atoms with Crippen LogP contribution in [-0.2, 0) is 17.7 Å². The number of hydrogen-bond donors (Lipinski definition) is 1. The first-order valence-corrected chi connectivity index (χ1v) is 7.20. The Bertz CT molecular complexity index is 393. The van der Waals surface area contributed by atoms with Gasteiger partial charge in [0.2, 0.25) is 0 Å². The summed E-state index contributed by atoms with van der Waals surface area (Å²) in [4.78, 5) is 0. The Hall–Kier alpha value is -0.870. The molecule has 2 atom stereocenters. The summed E-state index contributed by atoms with van der Waals surface area (Å²) in [5.41, 5.74) is 8.68. The van der Waals surface area contributed by atoms with Crippen LogP contribution < -0.4 is 5.73 Å². The van der Waals surface area contributed by atoms with Gasteiger partial charge in [-0.2, -0.15) is 5.10 Å². The maximum Gasteiger partial charge on any atom is 0.0777 e. The molecule has 4 heteroatoms. The molecule has 0 fully saturated rings. The highest BCUT2D eigenvalue weighted by Crippen LogP contribution is 2.26. The second kappa shape index (κ2) is 6.53. The minimum absolute atomic E-state index is 0.0126. The predicted molar refractivity (Wildman–Crippen MR) is 79.2 cm³/mol. The van der Waals surface area contributed by atoms with E-state index < -0.39 is 0 Å². The number of ether oxygens (including phenoxy) is 1. The average Bonchev–Trinajstić information content (AvgIpc) is 2.64. The molecular formula is C15H29N3O. The maximum atomic E-state index is 6.39. The van der Waals surface area contributed by atoms with Gasteiger partial charge in [-0.15, -0.1) is 0 Å². The lowest BCUT2D eigenvalue weighted by atomic mass is 9.83. The summed E-state index contributed by atoms with van der Waals surface area (Å²) >= 11 is 0.